The van der Waals surface area contributed by atoms with Crippen LogP contribution in [0.3, 0.4) is 0 Å². The number of aromatic nitrogens is 3. The number of hydrogen-bond acceptors (Lipinski definition) is 4. The lowest BCUT2D eigenvalue weighted by Gasteiger charge is -2.26. The van der Waals surface area contributed by atoms with Gasteiger partial charge in [-0.2, -0.15) is 0 Å². The fraction of sp³-hybridized carbons (Fsp3) is 0.286. The Bertz CT molecular complexity index is 1000. The van der Waals surface area contributed by atoms with E-state index in [1.54, 1.807) is 29.8 Å². The van der Waals surface area contributed by atoms with E-state index in [0.29, 0.717) is 16.5 Å². The first-order chi connectivity index (χ1) is 13.6. The summed E-state index contributed by atoms with van der Waals surface area (Å²) < 4.78 is 15.7. The minimum absolute atomic E-state index is 0.0397. The monoisotopic (exact) mass is 396 g/mol. The van der Waals surface area contributed by atoms with Crippen LogP contribution in [0.2, 0.25) is 0 Å². The van der Waals surface area contributed by atoms with Crippen molar-refractivity contribution in [2.24, 2.45) is 7.05 Å². The van der Waals surface area contributed by atoms with Crippen molar-refractivity contribution in [3.05, 3.63) is 65.5 Å². The van der Waals surface area contributed by atoms with E-state index in [9.17, 15) is 9.18 Å². The molecule has 1 aromatic heterocycles. The van der Waals surface area contributed by atoms with Gasteiger partial charge in [0, 0.05) is 7.05 Å². The maximum Gasteiger partial charge on any atom is 0.230 e. The number of aryl methyl sites for hydroxylation is 1. The third kappa shape index (κ3) is 3.80. The quantitative estimate of drug-likeness (QED) is 0.665. The maximum atomic E-state index is 14.0. The third-order valence-corrected chi connectivity index (χ3v) is 6.01. The smallest absolute Gasteiger partial charge is 0.230 e. The predicted molar refractivity (Wildman–Crippen MR) is 107 cm³/mol. The molecule has 0 aliphatic heterocycles. The molecule has 3 aromatic rings. The van der Waals surface area contributed by atoms with E-state index >= 15 is 0 Å². The largest absolute Gasteiger partial charge is 0.349 e. The topological polar surface area (TPSA) is 59.8 Å². The number of fused-ring (bicyclic) bond motifs is 1. The average Bonchev–Trinajstić information content (AvgIpc) is 3.07. The summed E-state index contributed by atoms with van der Waals surface area (Å²) in [6.07, 6.45) is 3.09. The number of nitrogens with one attached hydrogen (secondary N) is 1. The molecule has 1 N–H and O–H groups in total. The van der Waals surface area contributed by atoms with Gasteiger partial charge in [0.05, 0.1) is 17.4 Å². The first kappa shape index (κ1) is 18.7. The van der Waals surface area contributed by atoms with Crippen molar-refractivity contribution in [3.8, 4) is 11.4 Å². The third-order valence-electron chi connectivity index (χ3n) is 4.99. The number of carbonyl (C=O) groups excluding carboxylic acids is 1. The number of rotatable bonds is 5. The normalized spacial score (nSPS) is 15.9. The van der Waals surface area contributed by atoms with Gasteiger partial charge in [-0.25, -0.2) is 4.39 Å². The molecule has 0 bridgehead atoms. The highest BCUT2D eigenvalue weighted by Gasteiger charge is 2.22. The highest BCUT2D eigenvalue weighted by Crippen LogP contribution is 2.30. The summed E-state index contributed by atoms with van der Waals surface area (Å²) in [5.74, 6) is 0.301. The second-order valence-corrected chi connectivity index (χ2v) is 7.79. The van der Waals surface area contributed by atoms with Crippen LogP contribution in [0.25, 0.3) is 11.4 Å². The number of benzene rings is 2. The summed E-state index contributed by atoms with van der Waals surface area (Å²) in [6, 6.07) is 14.8. The van der Waals surface area contributed by atoms with Crippen molar-refractivity contribution in [1.82, 2.24) is 20.1 Å². The summed E-state index contributed by atoms with van der Waals surface area (Å²) >= 11 is 1.30. The highest BCUT2D eigenvalue weighted by atomic mass is 32.2. The zero-order valence-electron chi connectivity index (χ0n) is 15.6. The zero-order valence-corrected chi connectivity index (χ0v) is 16.4. The van der Waals surface area contributed by atoms with Gasteiger partial charge in [-0.05, 0) is 42.5 Å². The molecule has 4 rings (SSSR count). The molecule has 0 spiro atoms. The Morgan fingerprint density at radius 1 is 1.21 bits per heavy atom. The molecule has 0 radical (unpaired) electrons. The summed E-state index contributed by atoms with van der Waals surface area (Å²) in [6.45, 7) is 0. The first-order valence-corrected chi connectivity index (χ1v) is 10.3. The summed E-state index contributed by atoms with van der Waals surface area (Å²) in [4.78, 5) is 12.5. The van der Waals surface area contributed by atoms with E-state index in [-0.39, 0.29) is 23.5 Å². The van der Waals surface area contributed by atoms with Crippen molar-refractivity contribution in [2.45, 2.75) is 30.5 Å². The Labute approximate surface area is 167 Å². The Morgan fingerprint density at radius 2 is 2.00 bits per heavy atom. The van der Waals surface area contributed by atoms with Crippen LogP contribution in [0.4, 0.5) is 4.39 Å². The molecule has 1 amide bonds. The molecule has 144 valence electrons. The molecule has 0 saturated carbocycles. The fourth-order valence-electron chi connectivity index (χ4n) is 3.59. The number of thioether (sulfide) groups is 1. The van der Waals surface area contributed by atoms with Crippen molar-refractivity contribution in [1.29, 1.82) is 0 Å². The molecule has 1 heterocycles. The Morgan fingerprint density at radius 3 is 2.86 bits per heavy atom. The predicted octanol–water partition coefficient (Wildman–Crippen LogP) is 3.91. The van der Waals surface area contributed by atoms with E-state index < -0.39 is 0 Å². The molecule has 5 nitrogen and oxygen atoms in total. The van der Waals surface area contributed by atoms with E-state index in [1.807, 2.05) is 12.1 Å². The Hall–Kier alpha value is -2.67. The Balaban J connectivity index is 1.41. The van der Waals surface area contributed by atoms with Crippen LogP contribution in [-0.2, 0) is 18.3 Å². The SMILES string of the molecule is Cn1c(SCC(=O)NC2CCCc3ccccc32)nnc1-c1ccccc1F. The van der Waals surface area contributed by atoms with E-state index in [2.05, 4.69) is 27.6 Å². The number of carbonyl (C=O) groups is 1. The lowest BCUT2D eigenvalue weighted by Crippen LogP contribution is -2.32. The van der Waals surface area contributed by atoms with Crippen LogP contribution in [-0.4, -0.2) is 26.4 Å². The van der Waals surface area contributed by atoms with Gasteiger partial charge < -0.3 is 9.88 Å². The van der Waals surface area contributed by atoms with Crippen molar-refractivity contribution in [2.75, 3.05) is 5.75 Å². The van der Waals surface area contributed by atoms with Gasteiger partial charge in [-0.1, -0.05) is 48.2 Å². The average molecular weight is 396 g/mol. The van der Waals surface area contributed by atoms with Crippen LogP contribution < -0.4 is 5.32 Å². The number of halogens is 1. The van der Waals surface area contributed by atoms with Gasteiger partial charge >= 0.3 is 0 Å². The summed E-state index contributed by atoms with van der Waals surface area (Å²) in [7, 11) is 1.78. The number of amides is 1. The number of nitrogens with zero attached hydrogens (tertiary/aromatic N) is 3. The second kappa shape index (κ2) is 8.14. The van der Waals surface area contributed by atoms with Crippen LogP contribution in [0.15, 0.2) is 53.7 Å². The van der Waals surface area contributed by atoms with Gasteiger partial charge in [0.2, 0.25) is 5.91 Å². The molecular formula is C21H21FN4OS. The molecule has 1 aliphatic rings. The van der Waals surface area contributed by atoms with Crippen LogP contribution >= 0.6 is 11.8 Å². The lowest BCUT2D eigenvalue weighted by molar-refractivity contribution is -0.119. The Kier molecular flexibility index (Phi) is 5.43. The summed E-state index contributed by atoms with van der Waals surface area (Å²) in [5.41, 5.74) is 2.93. The first-order valence-electron chi connectivity index (χ1n) is 9.27. The van der Waals surface area contributed by atoms with E-state index in [1.165, 1.54) is 29.0 Å². The van der Waals surface area contributed by atoms with Gasteiger partial charge in [0.1, 0.15) is 5.82 Å². The van der Waals surface area contributed by atoms with Gasteiger partial charge in [0.15, 0.2) is 11.0 Å². The van der Waals surface area contributed by atoms with Crippen LogP contribution in [0, 0.1) is 5.82 Å². The zero-order chi connectivity index (χ0) is 19.5. The molecule has 0 saturated heterocycles. The minimum atomic E-state index is -0.344. The van der Waals surface area contributed by atoms with Crippen LogP contribution in [0.5, 0.6) is 0 Å². The fourth-order valence-corrected chi connectivity index (χ4v) is 4.31. The molecule has 1 atom stereocenters. The van der Waals surface area contributed by atoms with E-state index in [4.69, 9.17) is 0 Å². The molecule has 7 heteroatoms. The van der Waals surface area contributed by atoms with Crippen LogP contribution in [0.1, 0.15) is 30.0 Å². The molecule has 2 aromatic carbocycles. The van der Waals surface area contributed by atoms with Crippen molar-refractivity contribution in [3.63, 3.8) is 0 Å². The molecule has 0 fully saturated rings. The van der Waals surface area contributed by atoms with Gasteiger partial charge in [-0.15, -0.1) is 10.2 Å². The standard InChI is InChI=1S/C21H21FN4OS/c1-26-20(16-10-4-5-11-17(16)22)24-25-21(26)28-13-19(27)23-18-12-6-8-14-7-2-3-9-15(14)18/h2-5,7,9-11,18H,6,8,12-13H2,1H3,(H,23,27). The van der Waals surface area contributed by atoms with Crippen molar-refractivity contribution < 1.29 is 9.18 Å². The maximum absolute atomic E-state index is 14.0. The second-order valence-electron chi connectivity index (χ2n) is 6.84. The lowest BCUT2D eigenvalue weighted by atomic mass is 9.88. The molecular weight excluding hydrogens is 375 g/mol. The number of hydrogen-bond donors (Lipinski definition) is 1. The highest BCUT2D eigenvalue weighted by molar-refractivity contribution is 7.99. The molecule has 1 unspecified atom stereocenters. The molecule has 1 aliphatic carbocycles. The van der Waals surface area contributed by atoms with Gasteiger partial charge in [-0.3, -0.25) is 4.79 Å². The minimum Gasteiger partial charge on any atom is -0.349 e. The van der Waals surface area contributed by atoms with Gasteiger partial charge in [0.25, 0.3) is 0 Å². The summed E-state index contributed by atoms with van der Waals surface area (Å²) in [5, 5.41) is 11.9. The molecule has 28 heavy (non-hydrogen) atoms. The van der Waals surface area contributed by atoms with Crippen molar-refractivity contribution >= 4 is 17.7 Å². The van der Waals surface area contributed by atoms with E-state index in [0.717, 1.165) is 19.3 Å².